The monoisotopic (exact) mass is 218 g/mol. The van der Waals surface area contributed by atoms with Crippen LogP contribution >= 0.6 is 11.6 Å². The zero-order valence-electron chi connectivity index (χ0n) is 7.72. The van der Waals surface area contributed by atoms with Gasteiger partial charge in [-0.05, 0) is 35.9 Å². The predicted molar refractivity (Wildman–Crippen MR) is 57.9 cm³/mol. The largest absolute Gasteiger partial charge is 0.443 e. The van der Waals surface area contributed by atoms with Crippen LogP contribution in [-0.4, -0.2) is 9.38 Å². The molecular weight excluding hydrogens is 212 g/mol. The summed E-state index contributed by atoms with van der Waals surface area (Å²) in [5.41, 5.74) is 1.67. The number of fused-ring (bicyclic) bond motifs is 1. The normalized spacial score (nSPS) is 11.0. The highest BCUT2D eigenvalue weighted by Crippen LogP contribution is 2.23. The number of hydrogen-bond acceptors (Lipinski definition) is 2. The Morgan fingerprint density at radius 1 is 1.20 bits per heavy atom. The summed E-state index contributed by atoms with van der Waals surface area (Å²) >= 11 is 5.71. The Morgan fingerprint density at radius 3 is 2.87 bits per heavy atom. The smallest absolute Gasteiger partial charge is 0.194 e. The summed E-state index contributed by atoms with van der Waals surface area (Å²) in [4.78, 5) is 4.41. The van der Waals surface area contributed by atoms with Crippen molar-refractivity contribution in [1.82, 2.24) is 9.38 Å². The lowest BCUT2D eigenvalue weighted by atomic mass is 10.4. The molecule has 0 aliphatic heterocycles. The number of nitrogens with zero attached hydrogens (tertiary/aromatic N) is 2. The van der Waals surface area contributed by atoms with Crippen molar-refractivity contribution in [3.63, 3.8) is 0 Å². The second kappa shape index (κ2) is 3.14. The van der Waals surface area contributed by atoms with Gasteiger partial charge < -0.3 is 8.82 Å². The van der Waals surface area contributed by atoms with Gasteiger partial charge in [-0.3, -0.25) is 0 Å². The van der Waals surface area contributed by atoms with E-state index < -0.39 is 0 Å². The summed E-state index contributed by atoms with van der Waals surface area (Å²) in [5.74, 6) is 0.684. The number of halogens is 1. The minimum Gasteiger partial charge on any atom is -0.443 e. The Labute approximate surface area is 90.9 Å². The molecule has 0 aliphatic rings. The van der Waals surface area contributed by atoms with Gasteiger partial charge in [-0.25, -0.2) is 4.98 Å². The maximum atomic E-state index is 5.71. The van der Waals surface area contributed by atoms with Crippen molar-refractivity contribution in [2.45, 2.75) is 0 Å². The molecule has 4 heteroatoms. The van der Waals surface area contributed by atoms with E-state index >= 15 is 0 Å². The maximum Gasteiger partial charge on any atom is 0.194 e. The molecule has 3 aromatic rings. The van der Waals surface area contributed by atoms with E-state index in [0.717, 1.165) is 11.3 Å². The van der Waals surface area contributed by atoms with E-state index in [2.05, 4.69) is 4.98 Å². The molecule has 0 saturated carbocycles. The number of aromatic nitrogens is 2. The summed E-state index contributed by atoms with van der Waals surface area (Å²) in [6, 6.07) is 9.36. The van der Waals surface area contributed by atoms with Gasteiger partial charge in [0, 0.05) is 12.4 Å². The molecule has 0 bridgehead atoms. The number of hydrogen-bond donors (Lipinski definition) is 0. The summed E-state index contributed by atoms with van der Waals surface area (Å²) < 4.78 is 7.22. The highest BCUT2D eigenvalue weighted by atomic mass is 35.5. The summed E-state index contributed by atoms with van der Waals surface area (Å²) in [6.07, 6.45) is 3.85. The quantitative estimate of drug-likeness (QED) is 0.628. The first-order chi connectivity index (χ1) is 7.33. The van der Waals surface area contributed by atoms with Crippen molar-refractivity contribution in [1.29, 1.82) is 0 Å². The van der Waals surface area contributed by atoms with E-state index in [9.17, 15) is 0 Å². The van der Waals surface area contributed by atoms with Gasteiger partial charge in [0.25, 0.3) is 0 Å². The van der Waals surface area contributed by atoms with E-state index in [1.54, 1.807) is 6.07 Å². The first-order valence-electron chi connectivity index (χ1n) is 4.52. The Hall–Kier alpha value is -1.74. The van der Waals surface area contributed by atoms with Crippen molar-refractivity contribution in [3.05, 3.63) is 47.9 Å². The summed E-state index contributed by atoms with van der Waals surface area (Å²) in [5, 5.41) is 0.377. The second-order valence-corrected chi connectivity index (χ2v) is 3.57. The van der Waals surface area contributed by atoms with Crippen LogP contribution in [0, 0.1) is 0 Å². The van der Waals surface area contributed by atoms with Crippen LogP contribution in [0.15, 0.2) is 47.1 Å². The van der Waals surface area contributed by atoms with Gasteiger partial charge in [0.1, 0.15) is 11.3 Å². The molecule has 0 amide bonds. The molecule has 3 aromatic heterocycles. The number of furan rings is 1. The third kappa shape index (κ3) is 1.41. The lowest BCUT2D eigenvalue weighted by molar-refractivity contribution is 0.582. The second-order valence-electron chi connectivity index (χ2n) is 3.20. The van der Waals surface area contributed by atoms with Gasteiger partial charge in [0.2, 0.25) is 0 Å². The topological polar surface area (TPSA) is 30.4 Å². The zero-order chi connectivity index (χ0) is 10.3. The predicted octanol–water partition coefficient (Wildman–Crippen LogP) is 3.25. The van der Waals surface area contributed by atoms with Crippen LogP contribution in [-0.2, 0) is 0 Å². The van der Waals surface area contributed by atoms with Crippen molar-refractivity contribution in [3.8, 4) is 11.5 Å². The molecule has 0 spiro atoms. The zero-order valence-corrected chi connectivity index (χ0v) is 8.48. The van der Waals surface area contributed by atoms with E-state index in [1.807, 2.05) is 41.1 Å². The Bertz CT molecular complexity index is 579. The average Bonchev–Trinajstić information content (AvgIpc) is 2.82. The first-order valence-corrected chi connectivity index (χ1v) is 4.90. The molecule has 15 heavy (non-hydrogen) atoms. The Morgan fingerprint density at radius 2 is 2.13 bits per heavy atom. The average molecular weight is 219 g/mol. The molecule has 3 heterocycles. The summed E-state index contributed by atoms with van der Waals surface area (Å²) in [7, 11) is 0. The molecular formula is C11H7ClN2O. The molecule has 0 radical (unpaired) electrons. The minimum atomic E-state index is 0.377. The summed E-state index contributed by atoms with van der Waals surface area (Å²) in [6.45, 7) is 0. The number of imidazole rings is 1. The SMILES string of the molecule is Clc1ccc(-c2cn3ccccc3n2)o1. The molecule has 0 aliphatic carbocycles. The fourth-order valence-electron chi connectivity index (χ4n) is 1.51. The standard InChI is InChI=1S/C11H7ClN2O/c12-10-5-4-9(15-10)8-7-14-6-2-1-3-11(14)13-8/h1-7H. The van der Waals surface area contributed by atoms with E-state index in [-0.39, 0.29) is 0 Å². The van der Waals surface area contributed by atoms with Gasteiger partial charge in [0.05, 0.1) is 0 Å². The van der Waals surface area contributed by atoms with Crippen LogP contribution in [0.2, 0.25) is 5.22 Å². The first kappa shape index (κ1) is 8.56. The van der Waals surface area contributed by atoms with Crippen molar-refractivity contribution < 1.29 is 4.42 Å². The lowest BCUT2D eigenvalue weighted by Gasteiger charge is -1.86. The highest BCUT2D eigenvalue weighted by Gasteiger charge is 2.07. The van der Waals surface area contributed by atoms with Crippen LogP contribution in [0.4, 0.5) is 0 Å². The Balaban J connectivity index is 2.19. The molecule has 0 unspecified atom stereocenters. The van der Waals surface area contributed by atoms with Gasteiger partial charge in [0.15, 0.2) is 11.0 Å². The van der Waals surface area contributed by atoms with Crippen molar-refractivity contribution >= 4 is 17.2 Å². The molecule has 0 N–H and O–H groups in total. The van der Waals surface area contributed by atoms with Crippen LogP contribution in [0.5, 0.6) is 0 Å². The molecule has 3 nitrogen and oxygen atoms in total. The molecule has 0 aromatic carbocycles. The third-order valence-electron chi connectivity index (χ3n) is 2.19. The van der Waals surface area contributed by atoms with E-state index in [4.69, 9.17) is 16.0 Å². The number of pyridine rings is 1. The van der Waals surface area contributed by atoms with Gasteiger partial charge in [-0.2, -0.15) is 0 Å². The number of rotatable bonds is 1. The molecule has 0 saturated heterocycles. The van der Waals surface area contributed by atoms with Gasteiger partial charge in [-0.15, -0.1) is 0 Å². The van der Waals surface area contributed by atoms with Crippen LogP contribution in [0.3, 0.4) is 0 Å². The van der Waals surface area contributed by atoms with E-state index in [1.165, 1.54) is 0 Å². The third-order valence-corrected chi connectivity index (χ3v) is 2.39. The molecule has 0 atom stereocenters. The molecule has 0 fully saturated rings. The fourth-order valence-corrected chi connectivity index (χ4v) is 1.65. The van der Waals surface area contributed by atoms with Crippen molar-refractivity contribution in [2.24, 2.45) is 0 Å². The van der Waals surface area contributed by atoms with E-state index in [0.29, 0.717) is 11.0 Å². The van der Waals surface area contributed by atoms with Crippen molar-refractivity contribution in [2.75, 3.05) is 0 Å². The lowest BCUT2D eigenvalue weighted by Crippen LogP contribution is -1.77. The Kier molecular flexibility index (Phi) is 1.79. The van der Waals surface area contributed by atoms with Gasteiger partial charge in [-0.1, -0.05) is 6.07 Å². The molecule has 74 valence electrons. The fraction of sp³-hybridized carbons (Fsp3) is 0. The van der Waals surface area contributed by atoms with Crippen LogP contribution in [0.1, 0.15) is 0 Å². The highest BCUT2D eigenvalue weighted by molar-refractivity contribution is 6.28. The molecule has 3 rings (SSSR count). The minimum absolute atomic E-state index is 0.377. The van der Waals surface area contributed by atoms with Crippen LogP contribution < -0.4 is 0 Å². The van der Waals surface area contributed by atoms with Gasteiger partial charge >= 0.3 is 0 Å². The van der Waals surface area contributed by atoms with Crippen LogP contribution in [0.25, 0.3) is 17.1 Å². The maximum absolute atomic E-state index is 5.71.